The summed E-state index contributed by atoms with van der Waals surface area (Å²) in [5.41, 5.74) is 2.00. The molecule has 1 aromatic carbocycles. The van der Waals surface area contributed by atoms with Gasteiger partial charge >= 0.3 is 51.4 Å². The first kappa shape index (κ1) is 20.6. The van der Waals surface area contributed by atoms with E-state index in [0.29, 0.717) is 28.2 Å². The topological polar surface area (TPSA) is 49.1 Å². The fourth-order valence-corrected chi connectivity index (χ4v) is 3.39. The van der Waals surface area contributed by atoms with Crippen LogP contribution in [-0.2, 0) is 4.74 Å². The minimum Gasteiger partial charge on any atom is -0.687 e. The number of nitrogens with zero attached hydrogens (tertiary/aromatic N) is 3. The number of hydrogen-bond donors (Lipinski definition) is 0. The Bertz CT molecular complexity index is 660. The number of ether oxygens (including phenoxy) is 1. The van der Waals surface area contributed by atoms with Crippen molar-refractivity contribution in [3.8, 4) is 0 Å². The van der Waals surface area contributed by atoms with Gasteiger partial charge in [0.2, 0.25) is 0 Å². The molecule has 2 aromatic rings. The van der Waals surface area contributed by atoms with Crippen molar-refractivity contribution in [3.63, 3.8) is 0 Å². The average molecular weight is 390 g/mol. The standard InChI is InChI=1S/C10H12N2O.C7H6Cl2N.K/c1-2-10-8(5-7(1)13-10)9-3-4-11-6-12-9;1-10-5-2-3-6(8)7(9)4-5;/h3-4,6-8,10H,1-2,5H2;2-4H,1H3;/q;-1;+1/t7?,8?,10-;;/m0../s1. The van der Waals surface area contributed by atoms with Crippen molar-refractivity contribution in [1.82, 2.24) is 9.97 Å². The van der Waals surface area contributed by atoms with Crippen molar-refractivity contribution in [2.45, 2.75) is 37.4 Å². The van der Waals surface area contributed by atoms with E-state index < -0.39 is 0 Å². The van der Waals surface area contributed by atoms with E-state index in [1.54, 1.807) is 25.5 Å². The van der Waals surface area contributed by atoms with Crippen molar-refractivity contribution in [2.75, 3.05) is 7.05 Å². The number of rotatable bonds is 2. The van der Waals surface area contributed by atoms with E-state index in [-0.39, 0.29) is 51.4 Å². The van der Waals surface area contributed by atoms with E-state index in [0.717, 1.165) is 17.8 Å². The molecule has 2 aliphatic heterocycles. The molecule has 2 unspecified atom stereocenters. The van der Waals surface area contributed by atoms with Crippen LogP contribution in [0, 0.1) is 0 Å². The summed E-state index contributed by atoms with van der Waals surface area (Å²) in [4.78, 5) is 8.22. The van der Waals surface area contributed by atoms with Gasteiger partial charge in [0.1, 0.15) is 6.33 Å². The molecule has 2 fully saturated rings. The number of aromatic nitrogens is 2. The predicted molar refractivity (Wildman–Crippen MR) is 92.7 cm³/mol. The largest absolute Gasteiger partial charge is 1.00 e. The first-order chi connectivity index (χ1) is 11.2. The Kier molecular flexibility index (Phi) is 8.43. The minimum absolute atomic E-state index is 0. The summed E-state index contributed by atoms with van der Waals surface area (Å²) in [6, 6.07) is 7.28. The first-order valence-electron chi connectivity index (χ1n) is 7.63. The van der Waals surface area contributed by atoms with Crippen LogP contribution >= 0.6 is 23.2 Å². The van der Waals surface area contributed by atoms with Crippen LogP contribution in [0.5, 0.6) is 0 Å². The van der Waals surface area contributed by atoms with Gasteiger partial charge in [-0.1, -0.05) is 35.3 Å². The molecular formula is C17H18Cl2KN3O. The summed E-state index contributed by atoms with van der Waals surface area (Å²) in [6.07, 6.45) is 7.98. The maximum atomic E-state index is 5.78. The molecule has 2 saturated heterocycles. The molecule has 2 bridgehead atoms. The molecular weight excluding hydrogens is 372 g/mol. The zero-order valence-electron chi connectivity index (χ0n) is 13.8. The summed E-state index contributed by atoms with van der Waals surface area (Å²) in [5, 5.41) is 5.04. The van der Waals surface area contributed by atoms with E-state index in [2.05, 4.69) is 15.3 Å². The van der Waals surface area contributed by atoms with Gasteiger partial charge in [0.15, 0.2) is 0 Å². The van der Waals surface area contributed by atoms with Crippen LogP contribution in [-0.4, -0.2) is 29.2 Å². The van der Waals surface area contributed by atoms with Crippen LogP contribution in [0.25, 0.3) is 5.32 Å². The van der Waals surface area contributed by atoms with Crippen molar-refractivity contribution < 1.29 is 56.1 Å². The minimum atomic E-state index is 0. The molecule has 0 aliphatic carbocycles. The Morgan fingerprint density at radius 3 is 2.54 bits per heavy atom. The Labute approximate surface area is 195 Å². The van der Waals surface area contributed by atoms with Crippen molar-refractivity contribution >= 4 is 28.9 Å². The van der Waals surface area contributed by atoms with Gasteiger partial charge in [0.25, 0.3) is 0 Å². The van der Waals surface area contributed by atoms with E-state index in [4.69, 9.17) is 27.9 Å². The van der Waals surface area contributed by atoms with Gasteiger partial charge in [-0.05, 0) is 31.4 Å². The molecule has 0 amide bonds. The zero-order valence-corrected chi connectivity index (χ0v) is 18.5. The number of fused-ring (bicyclic) bond motifs is 2. The van der Waals surface area contributed by atoms with Crippen LogP contribution < -0.4 is 51.4 Å². The maximum Gasteiger partial charge on any atom is 1.00 e. The summed E-state index contributed by atoms with van der Waals surface area (Å²) in [6.45, 7) is 0. The number of halogens is 2. The van der Waals surface area contributed by atoms with Gasteiger partial charge in [-0.25, -0.2) is 9.97 Å². The smallest absolute Gasteiger partial charge is 0.687 e. The third-order valence-corrected chi connectivity index (χ3v) is 4.99. The van der Waals surface area contributed by atoms with Crippen molar-refractivity contribution in [3.05, 3.63) is 57.8 Å². The summed E-state index contributed by atoms with van der Waals surface area (Å²) >= 11 is 11.4. The second kappa shape index (κ2) is 9.83. The van der Waals surface area contributed by atoms with E-state index in [1.807, 2.05) is 18.3 Å². The van der Waals surface area contributed by atoms with E-state index in [9.17, 15) is 0 Å². The first-order valence-corrected chi connectivity index (χ1v) is 8.39. The zero-order chi connectivity index (χ0) is 16.2. The fourth-order valence-electron chi connectivity index (χ4n) is 3.09. The molecule has 4 nitrogen and oxygen atoms in total. The van der Waals surface area contributed by atoms with Crippen LogP contribution in [0.2, 0.25) is 10.0 Å². The second-order valence-corrected chi connectivity index (χ2v) is 6.49. The summed E-state index contributed by atoms with van der Waals surface area (Å²) < 4.78 is 5.78. The van der Waals surface area contributed by atoms with Gasteiger partial charge < -0.3 is 10.1 Å². The second-order valence-electron chi connectivity index (χ2n) is 5.67. The van der Waals surface area contributed by atoms with Crippen molar-refractivity contribution in [1.29, 1.82) is 0 Å². The summed E-state index contributed by atoms with van der Waals surface area (Å²) in [7, 11) is 1.71. The van der Waals surface area contributed by atoms with Crippen LogP contribution in [0.4, 0.5) is 5.69 Å². The van der Waals surface area contributed by atoms with Gasteiger partial charge in [-0.2, -0.15) is 0 Å². The fraction of sp³-hybridized carbons (Fsp3) is 0.412. The molecule has 122 valence electrons. The van der Waals surface area contributed by atoms with Gasteiger partial charge in [-0.15, -0.1) is 12.7 Å². The third-order valence-electron chi connectivity index (χ3n) is 4.25. The quantitative estimate of drug-likeness (QED) is 0.739. The number of hydrogen-bond acceptors (Lipinski definition) is 3. The summed E-state index contributed by atoms with van der Waals surface area (Å²) in [5.74, 6) is 0.529. The Hall–Kier alpha value is 0.276. The van der Waals surface area contributed by atoms with Crippen molar-refractivity contribution in [2.24, 2.45) is 0 Å². The Morgan fingerprint density at radius 1 is 1.17 bits per heavy atom. The maximum absolute atomic E-state index is 5.78. The molecule has 3 heterocycles. The molecule has 0 spiro atoms. The van der Waals surface area contributed by atoms with Gasteiger partial charge in [-0.3, -0.25) is 0 Å². The van der Waals surface area contributed by atoms with Crippen LogP contribution in [0.3, 0.4) is 0 Å². The monoisotopic (exact) mass is 389 g/mol. The van der Waals surface area contributed by atoms with E-state index >= 15 is 0 Å². The van der Waals surface area contributed by atoms with Gasteiger partial charge in [0, 0.05) is 17.8 Å². The molecule has 7 heteroatoms. The average Bonchev–Trinajstić information content (AvgIpc) is 3.22. The SMILES string of the molecule is C[N-]c1ccc(Cl)c(Cl)c1.[K+].c1cc(C2CC3CC[C@@H]2O3)ncn1. The Morgan fingerprint density at radius 2 is 2.00 bits per heavy atom. The van der Waals surface area contributed by atoms with Crippen LogP contribution in [0.15, 0.2) is 36.8 Å². The molecule has 3 atom stereocenters. The predicted octanol–water partition coefficient (Wildman–Crippen LogP) is 2.14. The molecule has 0 saturated carbocycles. The molecule has 0 radical (unpaired) electrons. The van der Waals surface area contributed by atoms with Gasteiger partial charge in [0.05, 0.1) is 22.3 Å². The number of benzene rings is 1. The molecule has 0 N–H and O–H groups in total. The molecule has 1 aromatic heterocycles. The van der Waals surface area contributed by atoms with Crippen LogP contribution in [0.1, 0.15) is 30.9 Å². The third kappa shape index (κ3) is 5.14. The van der Waals surface area contributed by atoms with E-state index in [1.165, 1.54) is 12.8 Å². The molecule has 24 heavy (non-hydrogen) atoms. The molecule has 4 rings (SSSR count). The Balaban J connectivity index is 0.000000173. The normalized spacial score (nSPS) is 23.9. The molecule has 2 aliphatic rings.